The van der Waals surface area contributed by atoms with Gasteiger partial charge < -0.3 is 15.2 Å². The van der Waals surface area contributed by atoms with Gasteiger partial charge in [0.15, 0.2) is 0 Å². The molecule has 0 spiro atoms. The molecule has 6 heteroatoms. The number of carbonyl (C=O) groups is 1. The molecule has 3 N–H and O–H groups in total. The van der Waals surface area contributed by atoms with Gasteiger partial charge >= 0.3 is 5.97 Å². The average molecular weight is 405 g/mol. The van der Waals surface area contributed by atoms with E-state index < -0.39 is 5.97 Å². The Morgan fingerprint density at radius 2 is 1.87 bits per heavy atom. The summed E-state index contributed by atoms with van der Waals surface area (Å²) < 4.78 is 0.784. The number of rotatable bonds is 7. The Kier molecular flexibility index (Phi) is 9.10. The lowest BCUT2D eigenvalue weighted by Crippen LogP contribution is -1.93. The molecule has 0 amide bonds. The van der Waals surface area contributed by atoms with Crippen molar-refractivity contribution in [3.05, 3.63) is 27.8 Å². The summed E-state index contributed by atoms with van der Waals surface area (Å²) in [7, 11) is 0. The number of H-pyrrole nitrogens is 1. The third kappa shape index (κ3) is 6.83. The van der Waals surface area contributed by atoms with Crippen molar-refractivity contribution in [2.45, 2.75) is 51.9 Å². The Hall–Kier alpha value is -1.20. The molecule has 0 atom stereocenters. The summed E-state index contributed by atoms with van der Waals surface area (Å²) >= 11 is 9.22. The number of benzene rings is 1. The second-order valence-electron chi connectivity index (χ2n) is 5.37. The number of halogens is 2. The molecule has 128 valence electrons. The predicted molar refractivity (Wildman–Crippen MR) is 98.3 cm³/mol. The molecule has 0 aliphatic heterocycles. The largest absolute Gasteiger partial charge is 0.506 e. The maximum atomic E-state index is 10.1. The van der Waals surface area contributed by atoms with Crippen LogP contribution in [0.4, 0.5) is 0 Å². The van der Waals surface area contributed by atoms with E-state index in [9.17, 15) is 9.90 Å². The quantitative estimate of drug-likeness (QED) is 0.487. The lowest BCUT2D eigenvalue weighted by molar-refractivity contribution is -0.137. The summed E-state index contributed by atoms with van der Waals surface area (Å²) in [5, 5.41) is 18.9. The summed E-state index contributed by atoms with van der Waals surface area (Å²) in [4.78, 5) is 13.0. The van der Waals surface area contributed by atoms with Gasteiger partial charge in [-0.3, -0.25) is 4.79 Å². The van der Waals surface area contributed by atoms with Gasteiger partial charge in [0.25, 0.3) is 0 Å². The lowest BCUT2D eigenvalue weighted by Gasteiger charge is -1.97. The first kappa shape index (κ1) is 19.8. The van der Waals surface area contributed by atoms with E-state index in [-0.39, 0.29) is 5.75 Å². The first-order chi connectivity index (χ1) is 11.0. The number of nitrogens with one attached hydrogen (secondary N) is 1. The van der Waals surface area contributed by atoms with E-state index in [2.05, 4.69) is 27.8 Å². The number of aliphatic carboxylic acids is 1. The van der Waals surface area contributed by atoms with Crippen molar-refractivity contribution < 1.29 is 15.0 Å². The molecule has 1 heterocycles. The van der Waals surface area contributed by atoms with Crippen LogP contribution in [-0.2, 0) is 4.79 Å². The minimum atomic E-state index is -0.666. The molecule has 0 aliphatic carbocycles. The molecule has 0 bridgehead atoms. The zero-order valence-electron chi connectivity index (χ0n) is 13.2. The first-order valence-corrected chi connectivity index (χ1v) is 9.00. The van der Waals surface area contributed by atoms with Gasteiger partial charge in [-0.2, -0.15) is 0 Å². The number of hydrogen-bond donors (Lipinski definition) is 3. The van der Waals surface area contributed by atoms with Gasteiger partial charge in [-0.15, -0.1) is 0 Å². The smallest absolute Gasteiger partial charge is 0.303 e. The highest BCUT2D eigenvalue weighted by Crippen LogP contribution is 2.35. The number of unbranched alkanes of at least 4 members (excludes halogenated alkanes) is 5. The molecular weight excluding hydrogens is 382 g/mol. The van der Waals surface area contributed by atoms with Crippen LogP contribution in [0.1, 0.15) is 51.9 Å². The van der Waals surface area contributed by atoms with Crippen LogP contribution in [0.25, 0.3) is 10.9 Å². The molecule has 0 radical (unpaired) electrons. The Morgan fingerprint density at radius 3 is 2.52 bits per heavy atom. The molecule has 1 aromatic carbocycles. The fraction of sp³-hybridized carbons (Fsp3) is 0.471. The highest BCUT2D eigenvalue weighted by Gasteiger charge is 2.08. The number of aromatic amines is 1. The Bertz CT molecular complexity index is 628. The number of carboxylic acids is 1. The zero-order valence-corrected chi connectivity index (χ0v) is 15.6. The molecule has 23 heavy (non-hydrogen) atoms. The molecule has 0 fully saturated rings. The molecule has 0 saturated carbocycles. The number of carboxylic acid groups (broad SMARTS) is 1. The number of aromatic nitrogens is 1. The minimum Gasteiger partial charge on any atom is -0.506 e. The highest BCUT2D eigenvalue weighted by atomic mass is 79.9. The van der Waals surface area contributed by atoms with Gasteiger partial charge in [0, 0.05) is 17.1 Å². The van der Waals surface area contributed by atoms with E-state index >= 15 is 0 Å². The van der Waals surface area contributed by atoms with E-state index in [0.29, 0.717) is 16.8 Å². The van der Waals surface area contributed by atoms with Crippen LogP contribution in [-0.4, -0.2) is 21.2 Å². The average Bonchev–Trinajstić information content (AvgIpc) is 2.89. The minimum absolute atomic E-state index is 0.177. The van der Waals surface area contributed by atoms with Crippen LogP contribution < -0.4 is 0 Å². The molecular formula is C17H23BrClNO3. The van der Waals surface area contributed by atoms with Crippen LogP contribution in [0.3, 0.4) is 0 Å². The van der Waals surface area contributed by atoms with Crippen molar-refractivity contribution in [3.8, 4) is 5.75 Å². The van der Waals surface area contributed by atoms with Crippen LogP contribution in [0.2, 0.25) is 5.02 Å². The van der Waals surface area contributed by atoms with E-state index in [1.807, 2.05) is 12.1 Å². The van der Waals surface area contributed by atoms with Gasteiger partial charge in [-0.1, -0.05) is 50.6 Å². The van der Waals surface area contributed by atoms with Crippen LogP contribution >= 0.6 is 27.5 Å². The summed E-state index contributed by atoms with van der Waals surface area (Å²) in [6.45, 7) is 2.18. The first-order valence-electron chi connectivity index (χ1n) is 7.83. The number of aromatic hydroxyl groups is 1. The van der Waals surface area contributed by atoms with Crippen LogP contribution in [0.15, 0.2) is 22.8 Å². The topological polar surface area (TPSA) is 73.3 Å². The second kappa shape index (κ2) is 10.6. The lowest BCUT2D eigenvalue weighted by atomic mass is 10.1. The maximum Gasteiger partial charge on any atom is 0.303 e. The van der Waals surface area contributed by atoms with Crippen molar-refractivity contribution >= 4 is 44.4 Å². The van der Waals surface area contributed by atoms with Crippen LogP contribution in [0.5, 0.6) is 5.75 Å². The molecule has 2 aromatic rings. The van der Waals surface area contributed by atoms with Crippen molar-refractivity contribution in [1.29, 1.82) is 0 Å². The SMILES string of the molecule is CCCCCCCCC(=O)O.Oc1c[nH]c2ccc(Br)c(Cl)c12. The third-order valence-corrected chi connectivity index (χ3v) is 4.74. The Morgan fingerprint density at radius 1 is 1.22 bits per heavy atom. The fourth-order valence-corrected chi connectivity index (χ4v) is 2.79. The Balaban J connectivity index is 0.000000232. The fourth-order valence-electron chi connectivity index (χ4n) is 2.20. The van der Waals surface area contributed by atoms with Crippen molar-refractivity contribution in [2.75, 3.05) is 0 Å². The Labute approximate surface area is 150 Å². The van der Waals surface area contributed by atoms with Gasteiger partial charge in [0.2, 0.25) is 0 Å². The van der Waals surface area contributed by atoms with Gasteiger partial charge in [0.1, 0.15) is 5.75 Å². The summed E-state index contributed by atoms with van der Waals surface area (Å²) in [5.41, 5.74) is 0.834. The predicted octanol–water partition coefficient (Wildman–Crippen LogP) is 6.11. The van der Waals surface area contributed by atoms with E-state index in [0.717, 1.165) is 22.8 Å². The standard InChI is InChI=1S/C9H18O2.C8H5BrClNO/c1-2-3-4-5-6-7-8-9(10)11;9-4-1-2-5-7(8(4)10)6(12)3-11-5/h2-8H2,1H3,(H,10,11);1-3,11-12H. The van der Waals surface area contributed by atoms with E-state index in [4.69, 9.17) is 16.7 Å². The third-order valence-electron chi connectivity index (χ3n) is 3.46. The van der Waals surface area contributed by atoms with Crippen molar-refractivity contribution in [2.24, 2.45) is 0 Å². The van der Waals surface area contributed by atoms with E-state index in [1.54, 1.807) is 0 Å². The molecule has 2 rings (SSSR count). The number of hydrogen-bond acceptors (Lipinski definition) is 2. The summed E-state index contributed by atoms with van der Waals surface area (Å²) in [6, 6.07) is 3.69. The van der Waals surface area contributed by atoms with Crippen LogP contribution in [0, 0.1) is 0 Å². The summed E-state index contributed by atoms with van der Waals surface area (Å²) in [5.74, 6) is -0.489. The molecule has 0 unspecified atom stereocenters. The maximum absolute atomic E-state index is 10.1. The second-order valence-corrected chi connectivity index (χ2v) is 6.60. The molecule has 4 nitrogen and oxygen atoms in total. The van der Waals surface area contributed by atoms with Gasteiger partial charge in [-0.25, -0.2) is 0 Å². The molecule has 0 aliphatic rings. The van der Waals surface area contributed by atoms with Gasteiger partial charge in [0.05, 0.1) is 15.9 Å². The zero-order chi connectivity index (χ0) is 17.2. The van der Waals surface area contributed by atoms with Gasteiger partial charge in [-0.05, 0) is 34.5 Å². The number of fused-ring (bicyclic) bond motifs is 1. The van der Waals surface area contributed by atoms with E-state index in [1.165, 1.54) is 31.9 Å². The van der Waals surface area contributed by atoms with Crippen molar-refractivity contribution in [1.82, 2.24) is 4.98 Å². The summed E-state index contributed by atoms with van der Waals surface area (Å²) in [6.07, 6.45) is 8.77. The highest BCUT2D eigenvalue weighted by molar-refractivity contribution is 9.10. The molecule has 1 aromatic heterocycles. The van der Waals surface area contributed by atoms with Crippen molar-refractivity contribution in [3.63, 3.8) is 0 Å². The monoisotopic (exact) mass is 403 g/mol. The molecule has 0 saturated heterocycles. The normalized spacial score (nSPS) is 10.4.